The van der Waals surface area contributed by atoms with Crippen molar-refractivity contribution in [2.75, 3.05) is 0 Å². The van der Waals surface area contributed by atoms with Crippen LogP contribution < -0.4 is 0 Å². The molecule has 0 amide bonds. The molecule has 0 unspecified atom stereocenters. The Hall–Kier alpha value is -2.17. The van der Waals surface area contributed by atoms with Crippen LogP contribution in [0.2, 0.25) is 0 Å². The number of carboxylic acid groups (broad SMARTS) is 1. The summed E-state index contributed by atoms with van der Waals surface area (Å²) in [6.45, 7) is 1.78. The second kappa shape index (κ2) is 3.20. The normalized spacial score (nSPS) is 10.5. The first kappa shape index (κ1) is 9.39. The van der Waals surface area contributed by atoms with Gasteiger partial charge in [-0.1, -0.05) is 0 Å². The number of imidazole rings is 1. The summed E-state index contributed by atoms with van der Waals surface area (Å²) < 4.78 is 1.54. The lowest BCUT2D eigenvalue weighted by Gasteiger charge is -1.98. The quantitative estimate of drug-likeness (QED) is 0.745. The molecule has 2 aromatic rings. The number of aromatic nitrogens is 2. The van der Waals surface area contributed by atoms with E-state index in [1.165, 1.54) is 6.20 Å². The van der Waals surface area contributed by atoms with E-state index in [0.717, 1.165) is 5.56 Å². The van der Waals surface area contributed by atoms with Crippen molar-refractivity contribution < 1.29 is 14.7 Å². The van der Waals surface area contributed by atoms with E-state index in [4.69, 9.17) is 5.11 Å². The van der Waals surface area contributed by atoms with Gasteiger partial charge in [-0.2, -0.15) is 0 Å². The van der Waals surface area contributed by atoms with E-state index >= 15 is 0 Å². The number of carbonyl (C=O) groups excluding carboxylic acids is 1. The Kier molecular flexibility index (Phi) is 2.00. The van der Waals surface area contributed by atoms with Crippen molar-refractivity contribution in [1.82, 2.24) is 9.38 Å². The summed E-state index contributed by atoms with van der Waals surface area (Å²) in [5, 5.41) is 8.76. The highest BCUT2D eigenvalue weighted by Gasteiger charge is 2.10. The van der Waals surface area contributed by atoms with Crippen LogP contribution in [0.4, 0.5) is 0 Å². The number of pyridine rings is 1. The zero-order valence-corrected chi connectivity index (χ0v) is 7.97. The Morgan fingerprint density at radius 1 is 1.53 bits per heavy atom. The predicted octanol–water partition coefficient (Wildman–Crippen LogP) is 1.15. The predicted molar refractivity (Wildman–Crippen MR) is 52.3 cm³/mol. The van der Waals surface area contributed by atoms with Crippen LogP contribution in [0.5, 0.6) is 0 Å². The standard InChI is InChI=1S/C10H8N2O3/c1-6-2-7(5-13)3-12-4-8(10(14)15)11-9(6)12/h2-5H,1H3,(H,14,15). The van der Waals surface area contributed by atoms with Crippen LogP contribution in [0, 0.1) is 6.92 Å². The molecule has 0 atom stereocenters. The Morgan fingerprint density at radius 2 is 2.27 bits per heavy atom. The van der Waals surface area contributed by atoms with Crippen LogP contribution in [0.3, 0.4) is 0 Å². The summed E-state index contributed by atoms with van der Waals surface area (Å²) in [5.41, 5.74) is 1.79. The fourth-order valence-electron chi connectivity index (χ4n) is 1.46. The Balaban J connectivity index is 2.75. The van der Waals surface area contributed by atoms with Gasteiger partial charge < -0.3 is 9.51 Å². The molecule has 0 spiro atoms. The fraction of sp³-hybridized carbons (Fsp3) is 0.100. The number of carboxylic acids is 1. The molecular weight excluding hydrogens is 196 g/mol. The maximum absolute atomic E-state index is 10.7. The molecule has 0 aliphatic carbocycles. The second-order valence-electron chi connectivity index (χ2n) is 3.24. The minimum atomic E-state index is -1.08. The van der Waals surface area contributed by atoms with Crippen LogP contribution in [0.1, 0.15) is 26.4 Å². The van der Waals surface area contributed by atoms with Gasteiger partial charge in [-0.3, -0.25) is 4.79 Å². The molecule has 0 radical (unpaired) electrons. The number of hydrogen-bond donors (Lipinski definition) is 1. The van der Waals surface area contributed by atoms with E-state index < -0.39 is 5.97 Å². The summed E-state index contributed by atoms with van der Waals surface area (Å²) >= 11 is 0. The van der Waals surface area contributed by atoms with Gasteiger partial charge in [0.25, 0.3) is 0 Å². The summed E-state index contributed by atoms with van der Waals surface area (Å²) in [6.07, 6.45) is 3.65. The minimum absolute atomic E-state index is 0.0267. The van der Waals surface area contributed by atoms with E-state index in [0.29, 0.717) is 17.5 Å². The average Bonchev–Trinajstić information content (AvgIpc) is 2.61. The number of hydrogen-bond acceptors (Lipinski definition) is 3. The number of nitrogens with zero attached hydrogens (tertiary/aromatic N) is 2. The molecule has 2 aromatic heterocycles. The van der Waals surface area contributed by atoms with Gasteiger partial charge in [0.2, 0.25) is 0 Å². The molecule has 5 nitrogen and oxygen atoms in total. The zero-order chi connectivity index (χ0) is 11.0. The molecule has 76 valence electrons. The molecule has 1 N–H and O–H groups in total. The highest BCUT2D eigenvalue weighted by Crippen LogP contribution is 2.12. The molecule has 5 heteroatoms. The van der Waals surface area contributed by atoms with E-state index in [-0.39, 0.29) is 5.69 Å². The first-order valence-electron chi connectivity index (χ1n) is 4.29. The molecule has 2 rings (SSSR count). The van der Waals surface area contributed by atoms with Crippen LogP contribution in [0.15, 0.2) is 18.5 Å². The van der Waals surface area contributed by atoms with Crippen molar-refractivity contribution in [2.24, 2.45) is 0 Å². The molecule has 0 fully saturated rings. The number of aldehydes is 1. The van der Waals surface area contributed by atoms with Crippen molar-refractivity contribution in [2.45, 2.75) is 6.92 Å². The van der Waals surface area contributed by atoms with Crippen molar-refractivity contribution in [1.29, 1.82) is 0 Å². The number of carbonyl (C=O) groups is 2. The SMILES string of the molecule is Cc1cc(C=O)cn2cc(C(=O)O)nc12. The van der Waals surface area contributed by atoms with Crippen molar-refractivity contribution in [3.8, 4) is 0 Å². The number of aryl methyl sites for hydroxylation is 1. The van der Waals surface area contributed by atoms with Crippen LogP contribution in [-0.2, 0) is 0 Å². The molecule has 2 heterocycles. The van der Waals surface area contributed by atoms with Gasteiger partial charge in [0.1, 0.15) is 5.65 Å². The van der Waals surface area contributed by atoms with Crippen molar-refractivity contribution in [3.05, 3.63) is 35.3 Å². The van der Waals surface area contributed by atoms with Gasteiger partial charge in [-0.05, 0) is 18.6 Å². The smallest absolute Gasteiger partial charge is 0.356 e. The van der Waals surface area contributed by atoms with Gasteiger partial charge >= 0.3 is 5.97 Å². The lowest BCUT2D eigenvalue weighted by atomic mass is 10.2. The monoisotopic (exact) mass is 204 g/mol. The van der Waals surface area contributed by atoms with Crippen molar-refractivity contribution >= 4 is 17.9 Å². The topological polar surface area (TPSA) is 71.7 Å². The molecule has 15 heavy (non-hydrogen) atoms. The summed E-state index contributed by atoms with van der Waals surface area (Å²) in [5.74, 6) is -1.08. The van der Waals surface area contributed by atoms with Gasteiger partial charge in [0.15, 0.2) is 12.0 Å². The molecular formula is C10H8N2O3. The van der Waals surface area contributed by atoms with Gasteiger partial charge in [0, 0.05) is 18.0 Å². The summed E-state index contributed by atoms with van der Waals surface area (Å²) in [7, 11) is 0. The zero-order valence-electron chi connectivity index (χ0n) is 7.97. The number of rotatable bonds is 2. The first-order valence-corrected chi connectivity index (χ1v) is 4.29. The van der Waals surface area contributed by atoms with E-state index in [9.17, 15) is 9.59 Å². The van der Waals surface area contributed by atoms with E-state index in [1.54, 1.807) is 23.6 Å². The van der Waals surface area contributed by atoms with Gasteiger partial charge in [0.05, 0.1) is 0 Å². The van der Waals surface area contributed by atoms with E-state index in [2.05, 4.69) is 4.98 Å². The molecule has 0 bridgehead atoms. The Morgan fingerprint density at radius 3 is 2.87 bits per heavy atom. The fourth-order valence-corrected chi connectivity index (χ4v) is 1.46. The molecule has 0 aliphatic rings. The van der Waals surface area contributed by atoms with Crippen LogP contribution in [-0.4, -0.2) is 26.7 Å². The van der Waals surface area contributed by atoms with Crippen molar-refractivity contribution in [3.63, 3.8) is 0 Å². The second-order valence-corrected chi connectivity index (χ2v) is 3.24. The highest BCUT2D eigenvalue weighted by atomic mass is 16.4. The van der Waals surface area contributed by atoms with Gasteiger partial charge in [-0.15, -0.1) is 0 Å². The lowest BCUT2D eigenvalue weighted by Crippen LogP contribution is -1.95. The molecule has 0 aromatic carbocycles. The largest absolute Gasteiger partial charge is 0.476 e. The third-order valence-corrected chi connectivity index (χ3v) is 2.11. The third-order valence-electron chi connectivity index (χ3n) is 2.11. The van der Waals surface area contributed by atoms with Gasteiger partial charge in [-0.25, -0.2) is 9.78 Å². The maximum Gasteiger partial charge on any atom is 0.356 e. The Labute approximate surface area is 85.0 Å². The summed E-state index contributed by atoms with van der Waals surface area (Å²) in [6, 6.07) is 1.67. The molecule has 0 saturated heterocycles. The maximum atomic E-state index is 10.7. The van der Waals surface area contributed by atoms with E-state index in [1.807, 2.05) is 0 Å². The number of aromatic carboxylic acids is 1. The minimum Gasteiger partial charge on any atom is -0.476 e. The summed E-state index contributed by atoms with van der Waals surface area (Å²) in [4.78, 5) is 25.2. The Bertz CT molecular complexity index is 557. The molecule has 0 aliphatic heterocycles. The molecule has 0 saturated carbocycles. The van der Waals surface area contributed by atoms with Crippen LogP contribution >= 0.6 is 0 Å². The highest BCUT2D eigenvalue weighted by molar-refractivity contribution is 5.86. The van der Waals surface area contributed by atoms with Crippen LogP contribution in [0.25, 0.3) is 5.65 Å². The lowest BCUT2D eigenvalue weighted by molar-refractivity contribution is 0.0691. The average molecular weight is 204 g/mol. The number of fused-ring (bicyclic) bond motifs is 1. The third kappa shape index (κ3) is 1.48. The first-order chi connectivity index (χ1) is 7.11.